The molecule has 1 unspecified atom stereocenters. The predicted octanol–water partition coefficient (Wildman–Crippen LogP) is 3.94. The van der Waals surface area contributed by atoms with Crippen LogP contribution in [0.3, 0.4) is 0 Å². The number of hydrogen-bond donors (Lipinski definition) is 2. The Hall–Kier alpha value is -3.22. The van der Waals surface area contributed by atoms with E-state index in [2.05, 4.69) is 15.2 Å². The van der Waals surface area contributed by atoms with Crippen molar-refractivity contribution in [2.45, 2.75) is 33.1 Å². The zero-order chi connectivity index (χ0) is 22.3. The molecule has 2 N–H and O–H groups in total. The first-order chi connectivity index (χ1) is 15.7. The number of hydrogen-bond acceptors (Lipinski definition) is 5. The van der Waals surface area contributed by atoms with Crippen molar-refractivity contribution in [3.63, 3.8) is 0 Å². The number of ether oxygens (including phenoxy) is 2. The maximum Gasteiger partial charge on any atom is 0.224 e. The minimum atomic E-state index is -0.0312. The topological polar surface area (TPSA) is 79.5 Å². The van der Waals surface area contributed by atoms with Crippen LogP contribution in [0.5, 0.6) is 11.5 Å². The number of para-hydroxylation sites is 2. The van der Waals surface area contributed by atoms with E-state index in [1.807, 2.05) is 56.3 Å². The Labute approximate surface area is 189 Å². The summed E-state index contributed by atoms with van der Waals surface area (Å²) in [5.41, 5.74) is 3.09. The van der Waals surface area contributed by atoms with Crippen LogP contribution >= 0.6 is 0 Å². The molecule has 0 bridgehead atoms. The Morgan fingerprint density at radius 2 is 1.97 bits per heavy atom. The summed E-state index contributed by atoms with van der Waals surface area (Å²) in [6, 6.07) is 14.0. The van der Waals surface area contributed by atoms with Gasteiger partial charge in [-0.3, -0.25) is 4.79 Å². The van der Waals surface area contributed by atoms with E-state index < -0.39 is 0 Å². The molecule has 7 heteroatoms. The lowest BCUT2D eigenvalue weighted by molar-refractivity contribution is -0.125. The summed E-state index contributed by atoms with van der Waals surface area (Å²) in [6.45, 7) is 7.30. The molecule has 0 aliphatic carbocycles. The van der Waals surface area contributed by atoms with E-state index in [9.17, 15) is 4.79 Å². The van der Waals surface area contributed by atoms with Crippen LogP contribution in [0.15, 0.2) is 42.5 Å². The SMILES string of the molecule is CCOc1ccc(CCNC(=O)C2CCCN(c3nc4ccccc4[nH]3)C2)cc1OCC. The lowest BCUT2D eigenvalue weighted by Gasteiger charge is -2.31. The third-order valence-corrected chi connectivity index (χ3v) is 5.79. The van der Waals surface area contributed by atoms with Gasteiger partial charge in [0.1, 0.15) is 0 Å². The molecule has 3 aromatic rings. The van der Waals surface area contributed by atoms with Crippen molar-refractivity contribution < 1.29 is 14.3 Å². The molecule has 1 aliphatic rings. The molecule has 2 heterocycles. The van der Waals surface area contributed by atoms with E-state index in [1.54, 1.807) is 0 Å². The number of nitrogens with zero attached hydrogens (tertiary/aromatic N) is 2. The molecule has 1 aromatic heterocycles. The average Bonchev–Trinajstić information content (AvgIpc) is 3.25. The van der Waals surface area contributed by atoms with Crippen molar-refractivity contribution >= 4 is 22.9 Å². The summed E-state index contributed by atoms with van der Waals surface area (Å²) in [5, 5.41) is 3.12. The van der Waals surface area contributed by atoms with Crippen LogP contribution in [0.25, 0.3) is 11.0 Å². The fourth-order valence-electron chi connectivity index (χ4n) is 4.20. The monoisotopic (exact) mass is 436 g/mol. The van der Waals surface area contributed by atoms with Gasteiger partial charge in [0.05, 0.1) is 30.2 Å². The van der Waals surface area contributed by atoms with Gasteiger partial charge in [-0.1, -0.05) is 18.2 Å². The van der Waals surface area contributed by atoms with Crippen LogP contribution < -0.4 is 19.7 Å². The van der Waals surface area contributed by atoms with Gasteiger partial charge in [0.2, 0.25) is 11.9 Å². The normalized spacial score (nSPS) is 16.2. The minimum absolute atomic E-state index is 0.0312. The van der Waals surface area contributed by atoms with Gasteiger partial charge in [-0.2, -0.15) is 0 Å². The van der Waals surface area contributed by atoms with Gasteiger partial charge < -0.3 is 24.7 Å². The summed E-state index contributed by atoms with van der Waals surface area (Å²) in [6.07, 6.45) is 2.63. The highest BCUT2D eigenvalue weighted by Gasteiger charge is 2.27. The van der Waals surface area contributed by atoms with Crippen molar-refractivity contribution in [1.29, 1.82) is 0 Å². The molecule has 1 saturated heterocycles. The number of nitrogens with one attached hydrogen (secondary N) is 2. The Balaban J connectivity index is 1.31. The highest BCUT2D eigenvalue weighted by Crippen LogP contribution is 2.29. The number of anilines is 1. The van der Waals surface area contributed by atoms with Crippen molar-refractivity contribution in [3.8, 4) is 11.5 Å². The number of H-pyrrole nitrogens is 1. The van der Waals surface area contributed by atoms with Crippen LogP contribution in [-0.4, -0.2) is 48.7 Å². The van der Waals surface area contributed by atoms with Crippen LogP contribution in [0.1, 0.15) is 32.3 Å². The van der Waals surface area contributed by atoms with E-state index in [1.165, 1.54) is 0 Å². The van der Waals surface area contributed by atoms with Gasteiger partial charge in [0.15, 0.2) is 11.5 Å². The largest absolute Gasteiger partial charge is 0.490 e. The minimum Gasteiger partial charge on any atom is -0.490 e. The standard InChI is InChI=1S/C25H32N4O3/c1-3-31-22-12-11-18(16-23(22)32-4-2)13-14-26-24(30)19-8-7-15-29(17-19)25-27-20-9-5-6-10-21(20)28-25/h5-6,9-12,16,19H,3-4,7-8,13-15,17H2,1-2H3,(H,26,30)(H,27,28). The molecule has 1 aliphatic heterocycles. The quantitative estimate of drug-likeness (QED) is 0.531. The van der Waals surface area contributed by atoms with E-state index >= 15 is 0 Å². The predicted molar refractivity (Wildman–Crippen MR) is 127 cm³/mol. The van der Waals surface area contributed by atoms with Crippen LogP contribution in [-0.2, 0) is 11.2 Å². The second kappa shape index (κ2) is 10.4. The number of amides is 1. The van der Waals surface area contributed by atoms with Gasteiger partial charge in [0.25, 0.3) is 0 Å². The Morgan fingerprint density at radius 3 is 2.78 bits per heavy atom. The van der Waals surface area contributed by atoms with Gasteiger partial charge >= 0.3 is 0 Å². The highest BCUT2D eigenvalue weighted by atomic mass is 16.5. The summed E-state index contributed by atoms with van der Waals surface area (Å²) >= 11 is 0. The molecule has 7 nitrogen and oxygen atoms in total. The Bertz CT molecular complexity index is 1020. The van der Waals surface area contributed by atoms with E-state index in [0.717, 1.165) is 59.9 Å². The number of carbonyl (C=O) groups excluding carboxylic acids is 1. The van der Waals surface area contributed by atoms with Crippen molar-refractivity contribution in [2.75, 3.05) is 37.7 Å². The van der Waals surface area contributed by atoms with Crippen molar-refractivity contribution in [1.82, 2.24) is 15.3 Å². The maximum atomic E-state index is 12.8. The molecule has 1 atom stereocenters. The zero-order valence-corrected chi connectivity index (χ0v) is 18.9. The molecule has 1 amide bonds. The maximum absolute atomic E-state index is 12.8. The Kier molecular flexibility index (Phi) is 7.14. The molecule has 0 spiro atoms. The zero-order valence-electron chi connectivity index (χ0n) is 18.9. The van der Waals surface area contributed by atoms with E-state index in [0.29, 0.717) is 26.3 Å². The number of aromatic amines is 1. The number of rotatable bonds is 9. The van der Waals surface area contributed by atoms with Crippen molar-refractivity contribution in [3.05, 3.63) is 48.0 Å². The van der Waals surface area contributed by atoms with Gasteiger partial charge in [-0.25, -0.2) is 4.98 Å². The molecule has 170 valence electrons. The van der Waals surface area contributed by atoms with Gasteiger partial charge in [0, 0.05) is 19.6 Å². The number of fused-ring (bicyclic) bond motifs is 1. The fraction of sp³-hybridized carbons (Fsp3) is 0.440. The molecule has 0 radical (unpaired) electrons. The van der Waals surface area contributed by atoms with E-state index in [-0.39, 0.29) is 11.8 Å². The smallest absolute Gasteiger partial charge is 0.224 e. The lowest BCUT2D eigenvalue weighted by atomic mass is 9.97. The van der Waals surface area contributed by atoms with Crippen LogP contribution in [0.2, 0.25) is 0 Å². The summed E-state index contributed by atoms with van der Waals surface area (Å²) < 4.78 is 11.3. The number of carbonyl (C=O) groups is 1. The summed E-state index contributed by atoms with van der Waals surface area (Å²) in [7, 11) is 0. The lowest BCUT2D eigenvalue weighted by Crippen LogP contribution is -2.43. The molecular formula is C25H32N4O3. The van der Waals surface area contributed by atoms with Gasteiger partial charge in [-0.15, -0.1) is 0 Å². The Morgan fingerprint density at radius 1 is 1.16 bits per heavy atom. The first kappa shape index (κ1) is 22.0. The van der Waals surface area contributed by atoms with Crippen LogP contribution in [0, 0.1) is 5.92 Å². The first-order valence-corrected chi connectivity index (χ1v) is 11.5. The number of imidazole rings is 1. The molecule has 0 saturated carbocycles. The third-order valence-electron chi connectivity index (χ3n) is 5.79. The second-order valence-corrected chi connectivity index (χ2v) is 8.05. The van der Waals surface area contributed by atoms with Crippen LogP contribution in [0.4, 0.5) is 5.95 Å². The highest BCUT2D eigenvalue weighted by molar-refractivity contribution is 5.80. The molecule has 1 fully saturated rings. The third kappa shape index (κ3) is 5.15. The number of aromatic nitrogens is 2. The molecule has 4 rings (SSSR count). The van der Waals surface area contributed by atoms with Gasteiger partial charge in [-0.05, 0) is 62.9 Å². The summed E-state index contributed by atoms with van der Waals surface area (Å²) in [5.74, 6) is 2.45. The number of piperidine rings is 1. The summed E-state index contributed by atoms with van der Waals surface area (Å²) in [4.78, 5) is 23.1. The van der Waals surface area contributed by atoms with Crippen molar-refractivity contribution in [2.24, 2.45) is 5.92 Å². The number of benzene rings is 2. The fourth-order valence-corrected chi connectivity index (χ4v) is 4.20. The average molecular weight is 437 g/mol. The molecule has 2 aromatic carbocycles. The van der Waals surface area contributed by atoms with E-state index in [4.69, 9.17) is 14.5 Å². The first-order valence-electron chi connectivity index (χ1n) is 11.5. The molecular weight excluding hydrogens is 404 g/mol. The molecule has 32 heavy (non-hydrogen) atoms. The second-order valence-electron chi connectivity index (χ2n) is 8.05.